The van der Waals surface area contributed by atoms with E-state index in [-0.39, 0.29) is 17.4 Å². The van der Waals surface area contributed by atoms with E-state index in [9.17, 15) is 0 Å². The van der Waals surface area contributed by atoms with Crippen LogP contribution >= 0.6 is 11.6 Å². The molecule has 0 fully saturated rings. The molecule has 0 spiro atoms. The number of rotatable bonds is 5. The molecule has 0 bridgehead atoms. The van der Waals surface area contributed by atoms with E-state index >= 15 is 0 Å². The lowest BCUT2D eigenvalue weighted by molar-refractivity contribution is 0.221. The number of ether oxygens (including phenoxy) is 1. The van der Waals surface area contributed by atoms with E-state index in [1.54, 1.807) is 4.68 Å². The first-order valence-corrected chi connectivity index (χ1v) is 7.07. The van der Waals surface area contributed by atoms with E-state index in [2.05, 4.69) is 33.9 Å². The van der Waals surface area contributed by atoms with Gasteiger partial charge in [-0.25, -0.2) is 4.68 Å². The zero-order chi connectivity index (χ0) is 14.7. The molecular weight excluding hydrogens is 278 g/mol. The third-order valence-electron chi connectivity index (χ3n) is 2.66. The van der Waals surface area contributed by atoms with E-state index in [0.717, 1.165) is 24.2 Å². The molecule has 7 heteroatoms. The maximum atomic E-state index is 5.94. The average molecular weight is 296 g/mol. The Balaban J connectivity index is 2.46. The molecule has 0 aromatic carbocycles. The van der Waals surface area contributed by atoms with Crippen molar-refractivity contribution in [3.05, 3.63) is 22.7 Å². The first-order chi connectivity index (χ1) is 9.53. The molecule has 6 nitrogen and oxygen atoms in total. The molecule has 0 unspecified atom stereocenters. The molecule has 0 atom stereocenters. The smallest absolute Gasteiger partial charge is 0.322 e. The van der Waals surface area contributed by atoms with Crippen molar-refractivity contribution in [3.8, 4) is 12.0 Å². The van der Waals surface area contributed by atoms with Crippen LogP contribution in [0.2, 0.25) is 5.28 Å². The summed E-state index contributed by atoms with van der Waals surface area (Å²) in [6, 6.07) is 2.26. The van der Waals surface area contributed by atoms with Crippen molar-refractivity contribution in [1.82, 2.24) is 24.7 Å². The Morgan fingerprint density at radius 1 is 1.20 bits per heavy atom. The highest BCUT2D eigenvalue weighted by Crippen LogP contribution is 2.15. The zero-order valence-corrected chi connectivity index (χ0v) is 12.8. The summed E-state index contributed by atoms with van der Waals surface area (Å²) in [7, 11) is 0. The summed E-state index contributed by atoms with van der Waals surface area (Å²) in [6.45, 7) is 7.91. The third kappa shape index (κ3) is 3.25. The quantitative estimate of drug-likeness (QED) is 0.848. The Kier molecular flexibility index (Phi) is 4.54. The summed E-state index contributed by atoms with van der Waals surface area (Å²) in [5, 5.41) is 4.58. The number of aryl methyl sites for hydroxylation is 2. The minimum Gasteiger partial charge on any atom is -0.461 e. The number of aromatic nitrogens is 5. The van der Waals surface area contributed by atoms with Crippen LogP contribution in [0.4, 0.5) is 0 Å². The average Bonchev–Trinajstić information content (AvgIpc) is 2.80. The largest absolute Gasteiger partial charge is 0.461 e. The second-order valence-electron chi connectivity index (χ2n) is 4.60. The predicted octanol–water partition coefficient (Wildman–Crippen LogP) is 2.62. The van der Waals surface area contributed by atoms with Crippen LogP contribution in [-0.2, 0) is 12.8 Å². The number of hydrogen-bond acceptors (Lipinski definition) is 5. The van der Waals surface area contributed by atoms with Crippen LogP contribution in [0.1, 0.15) is 39.1 Å². The van der Waals surface area contributed by atoms with E-state index in [4.69, 9.17) is 16.3 Å². The molecule has 0 radical (unpaired) electrons. The molecule has 2 aromatic heterocycles. The Morgan fingerprint density at radius 2 is 1.95 bits per heavy atom. The molecule has 0 aliphatic heterocycles. The molecule has 0 saturated heterocycles. The Hall–Kier alpha value is -1.69. The van der Waals surface area contributed by atoms with Gasteiger partial charge in [0.1, 0.15) is 0 Å². The van der Waals surface area contributed by atoms with Crippen molar-refractivity contribution in [2.45, 2.75) is 46.6 Å². The summed E-state index contributed by atoms with van der Waals surface area (Å²) in [6.07, 6.45) is 1.65. The molecule has 2 aromatic rings. The van der Waals surface area contributed by atoms with Crippen LogP contribution in [0.3, 0.4) is 0 Å². The fourth-order valence-corrected chi connectivity index (χ4v) is 1.90. The molecule has 108 valence electrons. The highest BCUT2D eigenvalue weighted by Gasteiger charge is 2.14. The van der Waals surface area contributed by atoms with Gasteiger partial charge in [0.2, 0.25) is 5.28 Å². The molecule has 0 amide bonds. The topological polar surface area (TPSA) is 65.7 Å². The summed E-state index contributed by atoms with van der Waals surface area (Å²) < 4.78 is 7.17. The van der Waals surface area contributed by atoms with Gasteiger partial charge in [-0.15, -0.1) is 0 Å². The van der Waals surface area contributed by atoms with Crippen molar-refractivity contribution in [2.24, 2.45) is 0 Å². The first-order valence-electron chi connectivity index (χ1n) is 6.69. The molecule has 20 heavy (non-hydrogen) atoms. The molecule has 2 rings (SSSR count). The fraction of sp³-hybridized carbons (Fsp3) is 0.538. The second-order valence-corrected chi connectivity index (χ2v) is 4.94. The van der Waals surface area contributed by atoms with E-state index in [0.29, 0.717) is 5.95 Å². The maximum absolute atomic E-state index is 5.94. The van der Waals surface area contributed by atoms with Crippen LogP contribution in [0.25, 0.3) is 5.95 Å². The Morgan fingerprint density at radius 3 is 2.55 bits per heavy atom. The zero-order valence-electron chi connectivity index (χ0n) is 12.1. The number of hydrogen-bond donors (Lipinski definition) is 0. The van der Waals surface area contributed by atoms with Gasteiger partial charge in [-0.3, -0.25) is 0 Å². The SMILES string of the molecule is CCc1cc(CC)n(-c2nc(Cl)nc(OC(C)C)n2)n1. The van der Waals surface area contributed by atoms with Gasteiger partial charge in [-0.05, 0) is 44.4 Å². The lowest BCUT2D eigenvalue weighted by atomic mass is 10.3. The molecule has 0 saturated carbocycles. The molecule has 2 heterocycles. The summed E-state index contributed by atoms with van der Waals surface area (Å²) in [5.74, 6) is 0.386. The van der Waals surface area contributed by atoms with Crippen molar-refractivity contribution in [2.75, 3.05) is 0 Å². The Labute approximate surface area is 123 Å². The van der Waals surface area contributed by atoms with Gasteiger partial charge >= 0.3 is 6.01 Å². The van der Waals surface area contributed by atoms with Gasteiger partial charge in [0.15, 0.2) is 0 Å². The van der Waals surface area contributed by atoms with Crippen molar-refractivity contribution < 1.29 is 4.74 Å². The van der Waals surface area contributed by atoms with Crippen molar-refractivity contribution >= 4 is 11.6 Å². The lowest BCUT2D eigenvalue weighted by Gasteiger charge is -2.09. The van der Waals surface area contributed by atoms with E-state index in [1.165, 1.54) is 0 Å². The predicted molar refractivity (Wildman–Crippen MR) is 76.5 cm³/mol. The standard InChI is InChI=1S/C13H18ClN5O/c1-5-9-7-10(6-2)19(18-9)12-15-11(14)16-13(17-12)20-8(3)4/h7-8H,5-6H2,1-4H3. The van der Waals surface area contributed by atoms with Crippen molar-refractivity contribution in [1.29, 1.82) is 0 Å². The van der Waals surface area contributed by atoms with Gasteiger partial charge in [-0.1, -0.05) is 13.8 Å². The van der Waals surface area contributed by atoms with E-state index < -0.39 is 0 Å². The molecule has 0 N–H and O–H groups in total. The Bertz CT molecular complexity index is 596. The van der Waals surface area contributed by atoms with Gasteiger partial charge in [0, 0.05) is 5.69 Å². The fourth-order valence-electron chi connectivity index (χ4n) is 1.75. The molecule has 0 aliphatic rings. The lowest BCUT2D eigenvalue weighted by Crippen LogP contribution is -2.13. The first kappa shape index (κ1) is 14.7. The number of halogens is 1. The molecular formula is C13H18ClN5O. The monoisotopic (exact) mass is 295 g/mol. The van der Waals surface area contributed by atoms with E-state index in [1.807, 2.05) is 19.9 Å². The second kappa shape index (κ2) is 6.17. The van der Waals surface area contributed by atoms with Crippen LogP contribution < -0.4 is 4.74 Å². The highest BCUT2D eigenvalue weighted by molar-refractivity contribution is 6.28. The highest BCUT2D eigenvalue weighted by atomic mass is 35.5. The normalized spacial score (nSPS) is 11.1. The van der Waals surface area contributed by atoms with Gasteiger partial charge in [0.25, 0.3) is 5.95 Å². The van der Waals surface area contributed by atoms with Crippen LogP contribution in [0.5, 0.6) is 6.01 Å². The minimum atomic E-state index is -0.0317. The minimum absolute atomic E-state index is 0.0317. The number of nitrogens with zero attached hydrogens (tertiary/aromatic N) is 5. The summed E-state index contributed by atoms with van der Waals surface area (Å²) in [4.78, 5) is 12.4. The van der Waals surface area contributed by atoms with Gasteiger partial charge in [-0.2, -0.15) is 20.1 Å². The van der Waals surface area contributed by atoms with Crippen LogP contribution in [-0.4, -0.2) is 30.8 Å². The third-order valence-corrected chi connectivity index (χ3v) is 2.83. The van der Waals surface area contributed by atoms with Crippen LogP contribution in [0.15, 0.2) is 6.07 Å². The summed E-state index contributed by atoms with van der Waals surface area (Å²) >= 11 is 5.94. The van der Waals surface area contributed by atoms with Crippen molar-refractivity contribution in [3.63, 3.8) is 0 Å². The van der Waals surface area contributed by atoms with Crippen LogP contribution in [0, 0.1) is 0 Å². The summed E-state index contributed by atoms with van der Waals surface area (Å²) in [5.41, 5.74) is 2.02. The maximum Gasteiger partial charge on any atom is 0.322 e. The molecule has 0 aliphatic carbocycles. The van der Waals surface area contributed by atoms with Gasteiger partial charge < -0.3 is 4.74 Å². The van der Waals surface area contributed by atoms with Gasteiger partial charge in [0.05, 0.1) is 11.8 Å².